The number of H-pyrrole nitrogens is 1. The molecule has 8 nitrogen and oxygen atoms in total. The minimum absolute atomic E-state index is 0.0814. The predicted octanol–water partition coefficient (Wildman–Crippen LogP) is 6.55. The Kier molecular flexibility index (Phi) is 7.78. The van der Waals surface area contributed by atoms with Crippen LogP contribution in [0, 0.1) is 12.8 Å². The molecule has 0 bridgehead atoms. The second kappa shape index (κ2) is 11.4. The number of carbonyl (C=O) groups is 2. The standard InChI is InChI=1S/C32H38N6O2/c1-22-9-11-26(12-10-22)38-29(20-28(36-38)32(2,3)4)35-31(40)34-27-8-6-5-7-24(27)19-23-14-17-37(18-15-23)30(39)25-13-16-33-21-25/h5-13,16,20-21,23,33H,14-15,17-19H2,1-4H3,(H2,34,35,40). The van der Waals surface area contributed by atoms with Crippen molar-refractivity contribution in [1.29, 1.82) is 0 Å². The number of hydrogen-bond acceptors (Lipinski definition) is 3. The normalized spacial score (nSPS) is 14.2. The van der Waals surface area contributed by atoms with E-state index in [1.807, 2.05) is 66.4 Å². The zero-order chi connectivity index (χ0) is 28.3. The second-order valence-electron chi connectivity index (χ2n) is 11.7. The van der Waals surface area contributed by atoms with Crippen molar-refractivity contribution in [3.63, 3.8) is 0 Å². The van der Waals surface area contributed by atoms with Crippen molar-refractivity contribution in [1.82, 2.24) is 19.7 Å². The summed E-state index contributed by atoms with van der Waals surface area (Å²) in [4.78, 5) is 30.8. The fourth-order valence-electron chi connectivity index (χ4n) is 5.10. The predicted molar refractivity (Wildman–Crippen MR) is 159 cm³/mol. The van der Waals surface area contributed by atoms with Crippen LogP contribution in [0.25, 0.3) is 5.69 Å². The Balaban J connectivity index is 1.25. The first-order valence-corrected chi connectivity index (χ1v) is 13.9. The summed E-state index contributed by atoms with van der Waals surface area (Å²) >= 11 is 0. The Morgan fingerprint density at radius 2 is 1.73 bits per heavy atom. The lowest BCUT2D eigenvalue weighted by Crippen LogP contribution is -2.38. The molecule has 2 aromatic carbocycles. The van der Waals surface area contributed by atoms with Crippen LogP contribution in [-0.4, -0.2) is 44.7 Å². The number of anilines is 2. The highest BCUT2D eigenvalue weighted by atomic mass is 16.2. The van der Waals surface area contributed by atoms with Crippen LogP contribution in [0.2, 0.25) is 0 Å². The summed E-state index contributed by atoms with van der Waals surface area (Å²) < 4.78 is 1.79. The number of aromatic amines is 1. The SMILES string of the molecule is Cc1ccc(-n2nc(C(C)(C)C)cc2NC(=O)Nc2ccccc2CC2CCN(C(=O)c3cc[nH]c3)CC2)cc1. The number of para-hydroxylation sites is 1. The maximum Gasteiger partial charge on any atom is 0.324 e. The summed E-state index contributed by atoms with van der Waals surface area (Å²) in [5.41, 5.74) is 5.37. The first kappa shape index (κ1) is 27.2. The molecule has 1 saturated heterocycles. The van der Waals surface area contributed by atoms with Gasteiger partial charge in [0, 0.05) is 42.7 Å². The van der Waals surface area contributed by atoms with Crippen LogP contribution in [0.3, 0.4) is 0 Å². The van der Waals surface area contributed by atoms with Crippen LogP contribution < -0.4 is 10.6 Å². The van der Waals surface area contributed by atoms with Crippen molar-refractivity contribution in [3.8, 4) is 5.69 Å². The van der Waals surface area contributed by atoms with Crippen molar-refractivity contribution in [2.24, 2.45) is 5.92 Å². The van der Waals surface area contributed by atoms with E-state index in [2.05, 4.69) is 42.5 Å². The van der Waals surface area contributed by atoms with E-state index in [0.717, 1.165) is 60.5 Å². The molecule has 1 aliphatic rings. The molecule has 1 fully saturated rings. The first-order valence-electron chi connectivity index (χ1n) is 13.9. The molecular weight excluding hydrogens is 500 g/mol. The number of amides is 3. The minimum atomic E-state index is -0.312. The molecule has 0 saturated carbocycles. The van der Waals surface area contributed by atoms with Crippen molar-refractivity contribution in [3.05, 3.63) is 95.4 Å². The van der Waals surface area contributed by atoms with E-state index in [4.69, 9.17) is 5.10 Å². The number of aryl methyl sites for hydroxylation is 1. The Hall–Kier alpha value is -4.33. The molecule has 3 amide bonds. The van der Waals surface area contributed by atoms with E-state index in [-0.39, 0.29) is 17.4 Å². The molecule has 0 atom stereocenters. The molecule has 0 radical (unpaired) electrons. The average Bonchev–Trinajstić information content (AvgIpc) is 3.61. The van der Waals surface area contributed by atoms with Gasteiger partial charge in [-0.1, -0.05) is 56.7 Å². The number of benzene rings is 2. The Morgan fingerprint density at radius 3 is 2.40 bits per heavy atom. The number of piperidine rings is 1. The number of rotatable bonds is 6. The highest BCUT2D eigenvalue weighted by molar-refractivity contribution is 6.00. The topological polar surface area (TPSA) is 95.1 Å². The van der Waals surface area contributed by atoms with Crippen LogP contribution in [0.5, 0.6) is 0 Å². The van der Waals surface area contributed by atoms with Crippen molar-refractivity contribution in [2.45, 2.75) is 52.4 Å². The van der Waals surface area contributed by atoms with E-state index < -0.39 is 0 Å². The Labute approximate surface area is 235 Å². The average molecular weight is 539 g/mol. The number of urea groups is 1. The molecule has 1 aliphatic heterocycles. The Bertz CT molecular complexity index is 1460. The zero-order valence-electron chi connectivity index (χ0n) is 23.7. The van der Waals surface area contributed by atoms with Crippen LogP contribution in [0.4, 0.5) is 16.3 Å². The molecule has 0 spiro atoms. The van der Waals surface area contributed by atoms with Gasteiger partial charge in [-0.3, -0.25) is 10.1 Å². The molecule has 4 aromatic rings. The number of hydrogen-bond donors (Lipinski definition) is 3. The minimum Gasteiger partial charge on any atom is -0.367 e. The molecule has 2 aromatic heterocycles. The van der Waals surface area contributed by atoms with Gasteiger partial charge in [0.1, 0.15) is 5.82 Å². The largest absolute Gasteiger partial charge is 0.367 e. The molecule has 0 unspecified atom stereocenters. The van der Waals surface area contributed by atoms with Gasteiger partial charge in [0.2, 0.25) is 0 Å². The lowest BCUT2D eigenvalue weighted by Gasteiger charge is -2.32. The van der Waals surface area contributed by atoms with Gasteiger partial charge in [-0.2, -0.15) is 5.10 Å². The zero-order valence-corrected chi connectivity index (χ0v) is 23.7. The van der Waals surface area contributed by atoms with E-state index in [0.29, 0.717) is 17.3 Å². The van der Waals surface area contributed by atoms with Gasteiger partial charge in [-0.15, -0.1) is 0 Å². The van der Waals surface area contributed by atoms with E-state index >= 15 is 0 Å². The van der Waals surface area contributed by atoms with E-state index in [1.165, 1.54) is 0 Å². The fourth-order valence-corrected chi connectivity index (χ4v) is 5.10. The second-order valence-corrected chi connectivity index (χ2v) is 11.7. The third-order valence-electron chi connectivity index (χ3n) is 7.52. The van der Waals surface area contributed by atoms with Gasteiger partial charge in [0.15, 0.2) is 0 Å². The van der Waals surface area contributed by atoms with Gasteiger partial charge in [-0.05, 0) is 61.9 Å². The molecule has 3 N–H and O–H groups in total. The van der Waals surface area contributed by atoms with Crippen molar-refractivity contribution < 1.29 is 9.59 Å². The van der Waals surface area contributed by atoms with Crippen LogP contribution in [0.15, 0.2) is 73.1 Å². The molecule has 208 valence electrons. The summed E-state index contributed by atoms with van der Waals surface area (Å²) in [6, 6.07) is 19.5. The first-order chi connectivity index (χ1) is 19.2. The van der Waals surface area contributed by atoms with Gasteiger partial charge in [-0.25, -0.2) is 9.48 Å². The summed E-state index contributed by atoms with van der Waals surface area (Å²) in [6.45, 7) is 9.85. The third kappa shape index (κ3) is 6.28. The monoisotopic (exact) mass is 538 g/mol. The van der Waals surface area contributed by atoms with Gasteiger partial charge in [0.05, 0.1) is 16.9 Å². The van der Waals surface area contributed by atoms with E-state index in [9.17, 15) is 9.59 Å². The summed E-state index contributed by atoms with van der Waals surface area (Å²) in [5, 5.41) is 10.9. The Morgan fingerprint density at radius 1 is 1.00 bits per heavy atom. The highest BCUT2D eigenvalue weighted by Crippen LogP contribution is 2.28. The summed E-state index contributed by atoms with van der Waals surface area (Å²) in [5.74, 6) is 1.14. The molecule has 40 heavy (non-hydrogen) atoms. The smallest absolute Gasteiger partial charge is 0.324 e. The highest BCUT2D eigenvalue weighted by Gasteiger charge is 2.25. The van der Waals surface area contributed by atoms with Crippen LogP contribution in [0.1, 0.15) is 60.8 Å². The molecule has 3 heterocycles. The molecule has 0 aliphatic carbocycles. The third-order valence-corrected chi connectivity index (χ3v) is 7.52. The van der Waals surface area contributed by atoms with Crippen molar-refractivity contribution in [2.75, 3.05) is 23.7 Å². The summed E-state index contributed by atoms with van der Waals surface area (Å²) in [7, 11) is 0. The number of nitrogens with one attached hydrogen (secondary N) is 3. The lowest BCUT2D eigenvalue weighted by molar-refractivity contribution is 0.0690. The van der Waals surface area contributed by atoms with Gasteiger partial charge >= 0.3 is 6.03 Å². The summed E-state index contributed by atoms with van der Waals surface area (Å²) in [6.07, 6.45) is 6.24. The fraction of sp³-hybridized carbons (Fsp3) is 0.344. The number of likely N-dealkylation sites (tertiary alicyclic amines) is 1. The quantitative estimate of drug-likeness (QED) is 0.260. The van der Waals surface area contributed by atoms with Gasteiger partial charge in [0.25, 0.3) is 5.91 Å². The maximum absolute atomic E-state index is 13.2. The number of aromatic nitrogens is 3. The van der Waals surface area contributed by atoms with E-state index in [1.54, 1.807) is 17.1 Å². The number of carbonyl (C=O) groups excluding carboxylic acids is 2. The maximum atomic E-state index is 13.2. The van der Waals surface area contributed by atoms with Crippen LogP contribution in [-0.2, 0) is 11.8 Å². The lowest BCUT2D eigenvalue weighted by atomic mass is 9.89. The molecule has 8 heteroatoms. The van der Waals surface area contributed by atoms with Crippen LogP contribution >= 0.6 is 0 Å². The molecule has 5 rings (SSSR count). The number of nitrogens with zero attached hydrogens (tertiary/aromatic N) is 3. The molecular formula is C32H38N6O2. The van der Waals surface area contributed by atoms with Gasteiger partial charge < -0.3 is 15.2 Å². The van der Waals surface area contributed by atoms with Crippen molar-refractivity contribution >= 4 is 23.4 Å².